The molecule has 1 aromatic rings. The quantitative estimate of drug-likeness (QED) is 0.500. The van der Waals surface area contributed by atoms with Gasteiger partial charge in [0.05, 0.1) is 0 Å². The summed E-state index contributed by atoms with van der Waals surface area (Å²) in [6.45, 7) is 2.38. The smallest absolute Gasteiger partial charge is 0.0478 e. The van der Waals surface area contributed by atoms with Crippen molar-refractivity contribution in [3.8, 4) is 0 Å². The summed E-state index contributed by atoms with van der Waals surface area (Å²) < 4.78 is 0. The molecular weight excluding hydrogens is 326 g/mol. The van der Waals surface area contributed by atoms with E-state index in [4.69, 9.17) is 4.99 Å². The fraction of sp³-hybridized carbons (Fsp3) is 0.269. The SMILES string of the molecule is C[C@@H](C[C@H](C1=CC=CC1)C1C=CC=C1N=Cc1ccccc1)C1C=CC=C1. The lowest BCUT2D eigenvalue weighted by Crippen LogP contribution is -2.21. The first-order valence-corrected chi connectivity index (χ1v) is 9.99. The molecule has 27 heavy (non-hydrogen) atoms. The highest BCUT2D eigenvalue weighted by Gasteiger charge is 2.30. The third-order valence-corrected chi connectivity index (χ3v) is 5.86. The Hall–Kier alpha value is -2.67. The number of hydrogen-bond acceptors (Lipinski definition) is 1. The van der Waals surface area contributed by atoms with E-state index < -0.39 is 0 Å². The van der Waals surface area contributed by atoms with Crippen LogP contribution in [0.2, 0.25) is 0 Å². The van der Waals surface area contributed by atoms with E-state index in [2.05, 4.69) is 91.9 Å². The Bertz CT molecular complexity index is 849. The van der Waals surface area contributed by atoms with Crippen molar-refractivity contribution in [2.24, 2.45) is 28.7 Å². The van der Waals surface area contributed by atoms with Crippen LogP contribution in [0.4, 0.5) is 0 Å². The maximum absolute atomic E-state index is 4.87. The number of nitrogens with zero attached hydrogens (tertiary/aromatic N) is 1. The van der Waals surface area contributed by atoms with Gasteiger partial charge in [0.2, 0.25) is 0 Å². The highest BCUT2D eigenvalue weighted by atomic mass is 14.8. The molecule has 0 aliphatic heterocycles. The van der Waals surface area contributed by atoms with Crippen LogP contribution in [0.1, 0.15) is 25.3 Å². The Labute approximate surface area is 162 Å². The summed E-state index contributed by atoms with van der Waals surface area (Å²) in [6.07, 6.45) is 26.8. The maximum atomic E-state index is 4.87. The second kappa shape index (κ2) is 8.35. The zero-order chi connectivity index (χ0) is 18.5. The van der Waals surface area contributed by atoms with Gasteiger partial charge in [-0.1, -0.05) is 97.5 Å². The van der Waals surface area contributed by atoms with Crippen LogP contribution in [0.3, 0.4) is 0 Å². The second-order valence-corrected chi connectivity index (χ2v) is 7.71. The summed E-state index contributed by atoms with van der Waals surface area (Å²) in [6, 6.07) is 10.4. The second-order valence-electron chi connectivity index (χ2n) is 7.71. The van der Waals surface area contributed by atoms with Gasteiger partial charge in [0.15, 0.2) is 0 Å². The molecule has 0 N–H and O–H groups in total. The van der Waals surface area contributed by atoms with Crippen LogP contribution in [0.25, 0.3) is 0 Å². The van der Waals surface area contributed by atoms with Crippen LogP contribution in [-0.4, -0.2) is 6.21 Å². The molecule has 0 heterocycles. The van der Waals surface area contributed by atoms with Crippen LogP contribution in [0, 0.1) is 23.7 Å². The molecule has 0 saturated carbocycles. The van der Waals surface area contributed by atoms with Crippen LogP contribution in [0.15, 0.2) is 107 Å². The predicted molar refractivity (Wildman–Crippen MR) is 116 cm³/mol. The molecule has 1 aromatic carbocycles. The van der Waals surface area contributed by atoms with Crippen LogP contribution in [-0.2, 0) is 0 Å². The predicted octanol–water partition coefficient (Wildman–Crippen LogP) is 6.45. The van der Waals surface area contributed by atoms with Gasteiger partial charge in [-0.2, -0.15) is 0 Å². The molecule has 1 unspecified atom stereocenters. The van der Waals surface area contributed by atoms with Gasteiger partial charge in [0.1, 0.15) is 0 Å². The molecule has 0 spiro atoms. The van der Waals surface area contributed by atoms with Crippen LogP contribution in [0.5, 0.6) is 0 Å². The molecule has 0 radical (unpaired) electrons. The van der Waals surface area contributed by atoms with E-state index in [0.717, 1.165) is 12.0 Å². The molecule has 3 aliphatic carbocycles. The van der Waals surface area contributed by atoms with Gasteiger partial charge in [-0.15, -0.1) is 0 Å². The van der Waals surface area contributed by atoms with Crippen molar-refractivity contribution in [2.45, 2.75) is 19.8 Å². The molecule has 3 atom stereocenters. The third-order valence-electron chi connectivity index (χ3n) is 5.86. The van der Waals surface area contributed by atoms with E-state index in [1.165, 1.54) is 12.1 Å². The zero-order valence-electron chi connectivity index (χ0n) is 15.9. The van der Waals surface area contributed by atoms with Crippen molar-refractivity contribution in [3.63, 3.8) is 0 Å². The molecule has 0 saturated heterocycles. The Morgan fingerprint density at radius 3 is 2.56 bits per heavy atom. The zero-order valence-corrected chi connectivity index (χ0v) is 15.9. The van der Waals surface area contributed by atoms with E-state index in [1.807, 2.05) is 12.3 Å². The fourth-order valence-corrected chi connectivity index (χ4v) is 4.29. The van der Waals surface area contributed by atoms with Crippen molar-refractivity contribution in [1.29, 1.82) is 0 Å². The summed E-state index contributed by atoms with van der Waals surface area (Å²) in [5.74, 6) is 2.07. The number of benzene rings is 1. The highest BCUT2D eigenvalue weighted by molar-refractivity contribution is 5.80. The molecule has 0 bridgehead atoms. The van der Waals surface area contributed by atoms with E-state index >= 15 is 0 Å². The summed E-state index contributed by atoms with van der Waals surface area (Å²) in [5.41, 5.74) is 3.88. The lowest BCUT2D eigenvalue weighted by Gasteiger charge is -2.29. The van der Waals surface area contributed by atoms with Crippen molar-refractivity contribution in [2.75, 3.05) is 0 Å². The minimum atomic E-state index is 0.368. The Morgan fingerprint density at radius 1 is 1.00 bits per heavy atom. The molecule has 4 rings (SSSR count). The Kier molecular flexibility index (Phi) is 5.48. The van der Waals surface area contributed by atoms with E-state index in [-0.39, 0.29) is 0 Å². The molecule has 3 aliphatic rings. The lowest BCUT2D eigenvalue weighted by atomic mass is 9.76. The standard InChI is InChI=1S/C26H27N/c1-20(22-12-5-6-13-22)18-25(23-14-7-8-15-23)24-16-9-17-26(24)27-19-21-10-3-2-4-11-21/h2-14,16-17,19-20,22,24-25H,15,18H2,1H3/t20-,24?,25+/m0/s1. The average molecular weight is 354 g/mol. The molecule has 136 valence electrons. The summed E-state index contributed by atoms with van der Waals surface area (Å²) >= 11 is 0. The van der Waals surface area contributed by atoms with Gasteiger partial charge in [-0.25, -0.2) is 0 Å². The van der Waals surface area contributed by atoms with E-state index in [9.17, 15) is 0 Å². The van der Waals surface area contributed by atoms with Crippen molar-refractivity contribution in [1.82, 2.24) is 0 Å². The van der Waals surface area contributed by atoms with E-state index in [1.54, 1.807) is 5.57 Å². The normalized spacial score (nSPS) is 23.4. The first kappa shape index (κ1) is 17.7. The van der Waals surface area contributed by atoms with Gasteiger partial charge in [-0.05, 0) is 42.2 Å². The van der Waals surface area contributed by atoms with Gasteiger partial charge in [0, 0.05) is 17.8 Å². The maximum Gasteiger partial charge on any atom is 0.0478 e. The molecule has 1 heteroatoms. The lowest BCUT2D eigenvalue weighted by molar-refractivity contribution is 0.351. The van der Waals surface area contributed by atoms with Crippen LogP contribution < -0.4 is 0 Å². The summed E-state index contributed by atoms with van der Waals surface area (Å²) in [5, 5.41) is 0. The minimum Gasteiger partial charge on any atom is -0.260 e. The molecule has 0 fully saturated rings. The highest BCUT2D eigenvalue weighted by Crippen LogP contribution is 2.41. The molecule has 0 aromatic heterocycles. The fourth-order valence-electron chi connectivity index (χ4n) is 4.29. The third kappa shape index (κ3) is 4.19. The first-order chi connectivity index (χ1) is 13.3. The van der Waals surface area contributed by atoms with E-state index in [0.29, 0.717) is 23.7 Å². The van der Waals surface area contributed by atoms with Crippen molar-refractivity contribution in [3.05, 3.63) is 108 Å². The molecule has 0 amide bonds. The average Bonchev–Trinajstić information content (AvgIpc) is 3.48. The van der Waals surface area contributed by atoms with Crippen LogP contribution >= 0.6 is 0 Å². The Morgan fingerprint density at radius 2 is 1.81 bits per heavy atom. The number of aliphatic imine (C=N–C) groups is 1. The largest absolute Gasteiger partial charge is 0.260 e. The molecule has 1 nitrogen and oxygen atoms in total. The van der Waals surface area contributed by atoms with Gasteiger partial charge < -0.3 is 0 Å². The Balaban J connectivity index is 1.53. The minimum absolute atomic E-state index is 0.368. The number of allylic oxidation sites excluding steroid dienone is 11. The summed E-state index contributed by atoms with van der Waals surface area (Å²) in [4.78, 5) is 4.87. The van der Waals surface area contributed by atoms with Crippen molar-refractivity contribution < 1.29 is 0 Å². The van der Waals surface area contributed by atoms with Crippen molar-refractivity contribution >= 4 is 6.21 Å². The summed E-state index contributed by atoms with van der Waals surface area (Å²) in [7, 11) is 0. The topological polar surface area (TPSA) is 12.4 Å². The van der Waals surface area contributed by atoms with Gasteiger partial charge >= 0.3 is 0 Å². The number of rotatable bonds is 7. The first-order valence-electron chi connectivity index (χ1n) is 9.99. The number of hydrogen-bond donors (Lipinski definition) is 0. The van der Waals surface area contributed by atoms with Gasteiger partial charge in [0.25, 0.3) is 0 Å². The monoisotopic (exact) mass is 353 g/mol. The van der Waals surface area contributed by atoms with Gasteiger partial charge in [-0.3, -0.25) is 4.99 Å². The molecular formula is C26H27N.